The van der Waals surface area contributed by atoms with Crippen molar-refractivity contribution < 1.29 is 9.90 Å². The number of allylic oxidation sites excluding steroid dienone is 1. The van der Waals surface area contributed by atoms with Crippen molar-refractivity contribution in [1.82, 2.24) is 0 Å². The molecule has 4 rings (SSSR count). The molecule has 128 valence electrons. The second kappa shape index (κ2) is 5.34. The Bertz CT molecular complexity index is 907. The van der Waals surface area contributed by atoms with Gasteiger partial charge in [0.2, 0.25) is 0 Å². The number of fused-ring (bicyclic) bond motifs is 3. The number of halogens is 2. The summed E-state index contributed by atoms with van der Waals surface area (Å²) in [6.07, 6.45) is -1.31. The van der Waals surface area contributed by atoms with Crippen LogP contribution in [0.4, 0.5) is 5.69 Å². The first kappa shape index (κ1) is 16.6. The predicted molar refractivity (Wildman–Crippen MR) is 99.8 cm³/mol. The number of amides is 1. The van der Waals surface area contributed by atoms with Gasteiger partial charge >= 0.3 is 0 Å². The number of hydrogen-bond acceptors (Lipinski definition) is 2. The summed E-state index contributed by atoms with van der Waals surface area (Å²) >= 11 is 13.4. The molecule has 2 atom stereocenters. The van der Waals surface area contributed by atoms with Gasteiger partial charge in [-0.15, -0.1) is 0 Å². The molecule has 2 aromatic rings. The van der Waals surface area contributed by atoms with E-state index in [1.807, 2.05) is 44.2 Å². The number of nitrogens with zero attached hydrogens (tertiary/aromatic N) is 1. The standard InChI is InChI=1S/C20H17Cl2NO2/c1-19(2)13-10-6-7-11-14(13)23-16(19)15(21)17(24)20(22,18(23)25)12-8-4-3-5-9-12/h3-11,17,24H,1-2H3/t17-,20-/m1/s1. The lowest BCUT2D eigenvalue weighted by Crippen LogP contribution is -2.55. The maximum Gasteiger partial charge on any atom is 0.260 e. The summed E-state index contributed by atoms with van der Waals surface area (Å²) in [5.74, 6) is -0.384. The Labute approximate surface area is 156 Å². The Morgan fingerprint density at radius 2 is 1.64 bits per heavy atom. The van der Waals surface area contributed by atoms with Crippen LogP contribution in [-0.2, 0) is 15.1 Å². The number of aliphatic hydroxyl groups excluding tert-OH is 1. The summed E-state index contributed by atoms with van der Waals surface area (Å²) in [4.78, 5) is 13.4. The minimum Gasteiger partial charge on any atom is -0.385 e. The molecule has 0 aromatic heterocycles. The second-order valence-corrected chi connectivity index (χ2v) is 7.96. The van der Waals surface area contributed by atoms with E-state index in [2.05, 4.69) is 0 Å². The fourth-order valence-corrected chi connectivity index (χ4v) is 4.75. The molecule has 0 unspecified atom stereocenters. The molecule has 3 nitrogen and oxygen atoms in total. The van der Waals surface area contributed by atoms with Gasteiger partial charge in [-0.1, -0.05) is 85.6 Å². The lowest BCUT2D eigenvalue weighted by atomic mass is 9.80. The van der Waals surface area contributed by atoms with E-state index in [1.54, 1.807) is 29.2 Å². The topological polar surface area (TPSA) is 40.5 Å². The van der Waals surface area contributed by atoms with Crippen molar-refractivity contribution in [3.63, 3.8) is 0 Å². The van der Waals surface area contributed by atoms with Gasteiger partial charge in [-0.25, -0.2) is 0 Å². The number of rotatable bonds is 1. The molecule has 0 aliphatic carbocycles. The van der Waals surface area contributed by atoms with E-state index in [-0.39, 0.29) is 10.9 Å². The first-order valence-electron chi connectivity index (χ1n) is 8.08. The molecule has 0 saturated heterocycles. The van der Waals surface area contributed by atoms with Gasteiger partial charge < -0.3 is 5.11 Å². The molecule has 2 heterocycles. The smallest absolute Gasteiger partial charge is 0.260 e. The van der Waals surface area contributed by atoms with Crippen molar-refractivity contribution in [3.05, 3.63) is 76.5 Å². The van der Waals surface area contributed by atoms with Crippen molar-refractivity contribution in [3.8, 4) is 0 Å². The van der Waals surface area contributed by atoms with Crippen molar-refractivity contribution in [1.29, 1.82) is 0 Å². The van der Waals surface area contributed by atoms with Crippen LogP contribution in [0.15, 0.2) is 65.3 Å². The SMILES string of the molecule is CC1(C)C2=C(Cl)[C@@H](O)[C@](Cl)(c3ccccc3)C(=O)N2c2ccccc21. The highest BCUT2D eigenvalue weighted by Crippen LogP contribution is 2.56. The minimum atomic E-state index is -1.66. The van der Waals surface area contributed by atoms with Crippen molar-refractivity contribution in [2.24, 2.45) is 0 Å². The molecule has 0 bridgehead atoms. The van der Waals surface area contributed by atoms with Gasteiger partial charge in [0.15, 0.2) is 4.87 Å². The predicted octanol–water partition coefficient (Wildman–Crippen LogP) is 4.27. The number of hydrogen-bond donors (Lipinski definition) is 1. The molecule has 2 aromatic carbocycles. The van der Waals surface area contributed by atoms with Crippen molar-refractivity contribution >= 4 is 34.8 Å². The molecule has 0 spiro atoms. The Morgan fingerprint density at radius 1 is 1.04 bits per heavy atom. The van der Waals surface area contributed by atoms with Crippen LogP contribution in [-0.4, -0.2) is 17.1 Å². The Morgan fingerprint density at radius 3 is 2.32 bits per heavy atom. The average Bonchev–Trinajstić information content (AvgIpc) is 2.87. The van der Waals surface area contributed by atoms with Crippen LogP contribution in [0.3, 0.4) is 0 Å². The number of carbonyl (C=O) groups excluding carboxylic acids is 1. The fourth-order valence-electron chi connectivity index (χ4n) is 3.89. The van der Waals surface area contributed by atoms with Crippen LogP contribution in [0, 0.1) is 0 Å². The van der Waals surface area contributed by atoms with Crippen molar-refractivity contribution in [2.75, 3.05) is 4.90 Å². The van der Waals surface area contributed by atoms with E-state index >= 15 is 0 Å². The zero-order valence-electron chi connectivity index (χ0n) is 13.8. The Kier molecular flexibility index (Phi) is 3.56. The van der Waals surface area contributed by atoms with E-state index in [4.69, 9.17) is 23.2 Å². The van der Waals surface area contributed by atoms with Crippen LogP contribution in [0.25, 0.3) is 0 Å². The first-order valence-corrected chi connectivity index (χ1v) is 8.83. The maximum atomic E-state index is 13.5. The van der Waals surface area contributed by atoms with Crippen LogP contribution in [0.2, 0.25) is 0 Å². The minimum absolute atomic E-state index is 0.208. The van der Waals surface area contributed by atoms with Crippen LogP contribution in [0.5, 0.6) is 0 Å². The van der Waals surface area contributed by atoms with Gasteiger partial charge in [0.05, 0.1) is 16.4 Å². The van der Waals surface area contributed by atoms with E-state index in [1.165, 1.54) is 0 Å². The van der Waals surface area contributed by atoms with Gasteiger partial charge in [0.1, 0.15) is 6.10 Å². The molecule has 5 heteroatoms. The number of benzene rings is 2. The van der Waals surface area contributed by atoms with E-state index < -0.39 is 16.4 Å². The lowest BCUT2D eigenvalue weighted by Gasteiger charge is -2.42. The molecule has 1 amide bonds. The summed E-state index contributed by atoms with van der Waals surface area (Å²) in [5.41, 5.74) is 2.36. The number of carbonyl (C=O) groups is 1. The summed E-state index contributed by atoms with van der Waals surface area (Å²) < 4.78 is 0. The van der Waals surface area contributed by atoms with E-state index in [0.717, 1.165) is 11.3 Å². The number of para-hydroxylation sites is 1. The molecular weight excluding hydrogens is 357 g/mol. The summed E-state index contributed by atoms with van der Waals surface area (Å²) in [5, 5.41) is 11.1. The van der Waals surface area contributed by atoms with Gasteiger partial charge in [-0.05, 0) is 17.2 Å². The Hall–Kier alpha value is -1.81. The zero-order chi connectivity index (χ0) is 18.0. The highest BCUT2D eigenvalue weighted by Gasteiger charge is 2.59. The third kappa shape index (κ3) is 2.00. The van der Waals surface area contributed by atoms with Crippen molar-refractivity contribution in [2.45, 2.75) is 30.2 Å². The second-order valence-electron chi connectivity index (χ2n) is 6.96. The quantitative estimate of drug-likeness (QED) is 0.758. The number of anilines is 1. The molecule has 25 heavy (non-hydrogen) atoms. The summed E-state index contributed by atoms with van der Waals surface area (Å²) in [6, 6.07) is 16.5. The van der Waals surface area contributed by atoms with Gasteiger partial charge in [0, 0.05) is 5.41 Å². The first-order chi connectivity index (χ1) is 11.8. The largest absolute Gasteiger partial charge is 0.385 e. The number of alkyl halides is 1. The molecule has 2 aliphatic rings. The van der Waals surface area contributed by atoms with Gasteiger partial charge in [0.25, 0.3) is 5.91 Å². The highest BCUT2D eigenvalue weighted by molar-refractivity contribution is 6.42. The van der Waals surface area contributed by atoms with Crippen LogP contribution < -0.4 is 4.90 Å². The molecule has 0 radical (unpaired) electrons. The monoisotopic (exact) mass is 373 g/mol. The van der Waals surface area contributed by atoms with E-state index in [0.29, 0.717) is 11.3 Å². The summed E-state index contributed by atoms with van der Waals surface area (Å²) in [7, 11) is 0. The third-order valence-corrected chi connectivity index (χ3v) is 6.16. The van der Waals surface area contributed by atoms with Gasteiger partial charge in [-0.3, -0.25) is 9.69 Å². The lowest BCUT2D eigenvalue weighted by molar-refractivity contribution is -0.124. The normalized spacial score (nSPS) is 27.3. The average molecular weight is 374 g/mol. The van der Waals surface area contributed by atoms with Gasteiger partial charge in [-0.2, -0.15) is 0 Å². The fraction of sp³-hybridized carbons (Fsp3) is 0.250. The van der Waals surface area contributed by atoms with Crippen LogP contribution >= 0.6 is 23.2 Å². The third-order valence-electron chi connectivity index (χ3n) is 5.19. The molecule has 1 N–H and O–H groups in total. The zero-order valence-corrected chi connectivity index (χ0v) is 15.3. The maximum absolute atomic E-state index is 13.5. The Balaban J connectivity index is 2.01. The van der Waals surface area contributed by atoms with E-state index in [9.17, 15) is 9.90 Å². The molecular formula is C20H17Cl2NO2. The van der Waals surface area contributed by atoms with Crippen LogP contribution in [0.1, 0.15) is 25.0 Å². The molecule has 0 saturated carbocycles. The summed E-state index contributed by atoms with van der Waals surface area (Å²) in [6.45, 7) is 3.99. The highest BCUT2D eigenvalue weighted by atomic mass is 35.5. The molecule has 2 aliphatic heterocycles. The molecule has 0 fully saturated rings. The number of aliphatic hydroxyl groups is 1.